The number of nitrogens with zero attached hydrogens (tertiary/aromatic N) is 6. The Kier molecular flexibility index (Phi) is 10.4. The number of pyridine rings is 2. The second-order valence-corrected chi connectivity index (χ2v) is 11.6. The van der Waals surface area contributed by atoms with E-state index in [0.717, 1.165) is 75.5 Å². The first-order valence-electron chi connectivity index (χ1n) is 16.7. The van der Waals surface area contributed by atoms with Crippen LogP contribution in [-0.4, -0.2) is 88.0 Å². The summed E-state index contributed by atoms with van der Waals surface area (Å²) in [6.07, 6.45) is 9.37. The van der Waals surface area contributed by atoms with E-state index in [1.165, 1.54) is 22.2 Å². The van der Waals surface area contributed by atoms with Crippen LogP contribution >= 0.6 is 0 Å². The number of nitrogens with one attached hydrogen (secondary N) is 2. The summed E-state index contributed by atoms with van der Waals surface area (Å²) in [5, 5.41) is 2.37. The van der Waals surface area contributed by atoms with Gasteiger partial charge in [0.1, 0.15) is 5.69 Å². The smallest absolute Gasteiger partial charge is 0.270 e. The van der Waals surface area contributed by atoms with Crippen LogP contribution in [0.4, 0.5) is 11.4 Å². The first-order valence-corrected chi connectivity index (χ1v) is 16.7. The molecule has 0 spiro atoms. The molecule has 6 heterocycles. The molecule has 8 rings (SSSR count). The fourth-order valence-electron chi connectivity index (χ4n) is 6.32. The van der Waals surface area contributed by atoms with Gasteiger partial charge in [0, 0.05) is 121 Å². The molecule has 2 N–H and O–H groups in total. The molecule has 9 heteroatoms. The first kappa shape index (κ1) is 31.8. The highest BCUT2D eigenvalue weighted by molar-refractivity contribution is 5.98. The monoisotopic (exact) mass is 632 g/mol. The molecule has 47 heavy (non-hydrogen) atoms. The number of carbonyl (C=O) groups is 1. The van der Waals surface area contributed by atoms with Crippen molar-refractivity contribution in [3.05, 3.63) is 121 Å². The van der Waals surface area contributed by atoms with Crippen molar-refractivity contribution in [2.45, 2.75) is 20.4 Å². The van der Waals surface area contributed by atoms with Gasteiger partial charge in [-0.3, -0.25) is 19.7 Å². The topological polar surface area (TPSA) is 87.4 Å². The normalized spacial score (nSPS) is 15.1. The summed E-state index contributed by atoms with van der Waals surface area (Å²) in [7, 11) is 0. The van der Waals surface area contributed by atoms with Crippen molar-refractivity contribution in [3.8, 4) is 0 Å². The van der Waals surface area contributed by atoms with E-state index in [1.807, 2.05) is 79.8 Å². The molecule has 0 unspecified atom stereocenters. The summed E-state index contributed by atoms with van der Waals surface area (Å²) in [5.41, 5.74) is 6.78. The summed E-state index contributed by atoms with van der Waals surface area (Å²) in [6, 6.07) is 26.8. The molecule has 2 aliphatic rings. The lowest BCUT2D eigenvalue weighted by atomic mass is 10.1. The fraction of sp³-hybridized carbons (Fsp3) is 0.289. The van der Waals surface area contributed by atoms with Crippen LogP contribution in [0.25, 0.3) is 21.8 Å². The molecule has 0 radical (unpaired) electrons. The van der Waals surface area contributed by atoms with Crippen LogP contribution in [0.1, 0.15) is 32.8 Å². The molecule has 246 valence electrons. The number of aromatic nitrogens is 4. The Labute approximate surface area is 279 Å². The number of piperazine rings is 2. The lowest BCUT2D eigenvalue weighted by molar-refractivity contribution is 0.0742. The second-order valence-electron chi connectivity index (χ2n) is 11.6. The third kappa shape index (κ3) is 7.64. The Morgan fingerprint density at radius 2 is 1.30 bits per heavy atom. The minimum atomic E-state index is 0. The number of rotatable bonds is 5. The number of para-hydroxylation sites is 2. The van der Waals surface area contributed by atoms with Crippen LogP contribution < -0.4 is 9.80 Å². The maximum atomic E-state index is 12.7. The standard InChI is InChI=1S/C18H18N4O.C18H20N4.C2H6.2H2/c23-18(17-13-14-3-1-2-4-16(14)20-17)22-11-9-21(10-12-22)15-5-7-19-8-6-15;1-2-15-4-9-20-18(15)16(3-1)14-21-10-12-22(13-11-21)17-5-7-19-8-6-17;1-2;;/h1-8,13,20H,9-12H2;1-9,20H,10-14H2;1-2H3;2*1H. The fourth-order valence-corrected chi connectivity index (χ4v) is 6.32. The number of H-pyrrole nitrogens is 2. The van der Waals surface area contributed by atoms with Gasteiger partial charge in [0.05, 0.1) is 0 Å². The van der Waals surface area contributed by atoms with Crippen molar-refractivity contribution >= 4 is 39.1 Å². The molecule has 6 aromatic rings. The molecule has 2 aliphatic heterocycles. The number of carbonyl (C=O) groups excluding carboxylic acids is 1. The molecule has 0 atom stereocenters. The van der Waals surface area contributed by atoms with E-state index in [2.05, 4.69) is 71.0 Å². The number of amides is 1. The molecule has 1 amide bonds. The summed E-state index contributed by atoms with van der Waals surface area (Å²) >= 11 is 0. The molecular formula is C38H48N8O. The first-order chi connectivity index (χ1) is 23.2. The lowest BCUT2D eigenvalue weighted by Gasteiger charge is -2.36. The van der Waals surface area contributed by atoms with Crippen molar-refractivity contribution in [1.82, 2.24) is 29.7 Å². The minimum Gasteiger partial charge on any atom is -0.369 e. The Hall–Kier alpha value is -5.15. The predicted molar refractivity (Wildman–Crippen MR) is 196 cm³/mol. The third-order valence-electron chi connectivity index (χ3n) is 8.82. The Morgan fingerprint density at radius 3 is 1.94 bits per heavy atom. The zero-order chi connectivity index (χ0) is 32.4. The van der Waals surface area contributed by atoms with Gasteiger partial charge >= 0.3 is 0 Å². The number of benzene rings is 2. The molecule has 2 saturated heterocycles. The van der Waals surface area contributed by atoms with Gasteiger partial charge < -0.3 is 24.7 Å². The number of anilines is 2. The van der Waals surface area contributed by atoms with Gasteiger partial charge in [-0.15, -0.1) is 0 Å². The van der Waals surface area contributed by atoms with Gasteiger partial charge in [0.2, 0.25) is 0 Å². The molecule has 0 aliphatic carbocycles. The summed E-state index contributed by atoms with van der Waals surface area (Å²) in [6.45, 7) is 12.5. The largest absolute Gasteiger partial charge is 0.369 e. The van der Waals surface area contributed by atoms with E-state index in [-0.39, 0.29) is 8.76 Å². The summed E-state index contributed by atoms with van der Waals surface area (Å²) in [4.78, 5) is 36.6. The highest BCUT2D eigenvalue weighted by Gasteiger charge is 2.23. The van der Waals surface area contributed by atoms with E-state index in [0.29, 0.717) is 5.69 Å². The van der Waals surface area contributed by atoms with Crippen molar-refractivity contribution < 1.29 is 7.65 Å². The van der Waals surface area contributed by atoms with Gasteiger partial charge in [-0.1, -0.05) is 50.2 Å². The van der Waals surface area contributed by atoms with Gasteiger partial charge in [-0.2, -0.15) is 0 Å². The Morgan fingerprint density at radius 1 is 0.702 bits per heavy atom. The van der Waals surface area contributed by atoms with Crippen molar-refractivity contribution in [1.29, 1.82) is 0 Å². The quantitative estimate of drug-likeness (QED) is 0.214. The van der Waals surface area contributed by atoms with Crippen LogP contribution in [-0.2, 0) is 6.54 Å². The number of aromatic amines is 2. The van der Waals surface area contributed by atoms with E-state index >= 15 is 0 Å². The van der Waals surface area contributed by atoms with Crippen molar-refractivity contribution in [3.63, 3.8) is 0 Å². The van der Waals surface area contributed by atoms with Crippen molar-refractivity contribution in [2.24, 2.45) is 0 Å². The zero-order valence-corrected chi connectivity index (χ0v) is 27.3. The third-order valence-corrected chi connectivity index (χ3v) is 8.82. The number of hydrogen-bond acceptors (Lipinski definition) is 6. The average molecular weight is 633 g/mol. The second kappa shape index (κ2) is 15.4. The summed E-state index contributed by atoms with van der Waals surface area (Å²) in [5.74, 6) is 0.0792. The van der Waals surface area contributed by atoms with Gasteiger partial charge in [-0.05, 0) is 53.4 Å². The lowest BCUT2D eigenvalue weighted by Crippen LogP contribution is -2.48. The molecule has 0 bridgehead atoms. The van der Waals surface area contributed by atoms with Gasteiger partial charge in [0.15, 0.2) is 0 Å². The molecule has 9 nitrogen and oxygen atoms in total. The van der Waals surface area contributed by atoms with Crippen LogP contribution in [0.5, 0.6) is 0 Å². The molecular weight excluding hydrogens is 584 g/mol. The maximum Gasteiger partial charge on any atom is 0.270 e. The van der Waals surface area contributed by atoms with Crippen LogP contribution in [0.15, 0.2) is 110 Å². The SMILES string of the molecule is CC.O=C(c1cc2ccccc2[nH]1)N1CCN(c2ccncc2)CC1.[HH].[HH].c1cc(CN2CCN(c3ccncc3)CC2)c2[nH]ccc2c1. The average Bonchev–Trinajstić information content (AvgIpc) is 3.82. The molecule has 2 aromatic carbocycles. The highest BCUT2D eigenvalue weighted by atomic mass is 16.2. The van der Waals surface area contributed by atoms with Crippen molar-refractivity contribution in [2.75, 3.05) is 62.2 Å². The van der Waals surface area contributed by atoms with Crippen LogP contribution in [0.2, 0.25) is 0 Å². The Balaban J connectivity index is 0.000000203. The van der Waals surface area contributed by atoms with E-state index in [4.69, 9.17) is 0 Å². The van der Waals surface area contributed by atoms with E-state index in [9.17, 15) is 4.79 Å². The Bertz CT molecular complexity index is 1810. The van der Waals surface area contributed by atoms with E-state index < -0.39 is 0 Å². The number of hydrogen-bond donors (Lipinski definition) is 2. The number of fused-ring (bicyclic) bond motifs is 2. The minimum absolute atomic E-state index is 0. The van der Waals surface area contributed by atoms with Crippen LogP contribution in [0, 0.1) is 0 Å². The maximum absolute atomic E-state index is 12.7. The van der Waals surface area contributed by atoms with E-state index in [1.54, 1.807) is 12.4 Å². The molecule has 4 aromatic heterocycles. The summed E-state index contributed by atoms with van der Waals surface area (Å²) < 4.78 is 0. The molecule has 2 fully saturated rings. The molecule has 0 saturated carbocycles. The van der Waals surface area contributed by atoms with Gasteiger partial charge in [-0.25, -0.2) is 0 Å². The predicted octanol–water partition coefficient (Wildman–Crippen LogP) is 6.93. The van der Waals surface area contributed by atoms with Gasteiger partial charge in [0.25, 0.3) is 5.91 Å². The van der Waals surface area contributed by atoms with Crippen LogP contribution in [0.3, 0.4) is 0 Å². The highest BCUT2D eigenvalue weighted by Crippen LogP contribution is 2.21. The zero-order valence-electron chi connectivity index (χ0n) is 27.3.